The monoisotopic (exact) mass is 277 g/mol. The van der Waals surface area contributed by atoms with Crippen molar-refractivity contribution in [3.05, 3.63) is 53.2 Å². The summed E-state index contributed by atoms with van der Waals surface area (Å²) in [6.07, 6.45) is 1.30. The molecule has 0 fully saturated rings. The molecular formula is C14H13F2N3O. The van der Waals surface area contributed by atoms with Crippen LogP contribution in [0.3, 0.4) is 0 Å². The number of nitrogens with one attached hydrogen (secondary N) is 2. The molecule has 0 aliphatic carbocycles. The predicted octanol–water partition coefficient (Wildman–Crippen LogP) is 2.96. The third-order valence-electron chi connectivity index (χ3n) is 2.74. The van der Waals surface area contributed by atoms with Gasteiger partial charge >= 0.3 is 0 Å². The SMILES string of the molecule is CNc1nccc(C(=O)Nc2cc(C)ccc2F)c1F. The number of aryl methyl sites for hydroxylation is 1. The van der Waals surface area contributed by atoms with E-state index >= 15 is 0 Å². The van der Waals surface area contributed by atoms with Crippen LogP contribution in [-0.4, -0.2) is 17.9 Å². The maximum Gasteiger partial charge on any atom is 0.258 e. The minimum atomic E-state index is -0.777. The average molecular weight is 277 g/mol. The first kappa shape index (κ1) is 13.9. The third kappa shape index (κ3) is 2.74. The molecule has 6 heteroatoms. The molecular weight excluding hydrogens is 264 g/mol. The van der Waals surface area contributed by atoms with E-state index in [2.05, 4.69) is 15.6 Å². The van der Waals surface area contributed by atoms with Gasteiger partial charge in [-0.2, -0.15) is 0 Å². The highest BCUT2D eigenvalue weighted by Gasteiger charge is 2.16. The van der Waals surface area contributed by atoms with E-state index in [-0.39, 0.29) is 17.1 Å². The number of carbonyl (C=O) groups excluding carboxylic acids is 1. The van der Waals surface area contributed by atoms with Gasteiger partial charge in [0.2, 0.25) is 0 Å². The summed E-state index contributed by atoms with van der Waals surface area (Å²) in [5.74, 6) is -2.12. The smallest absolute Gasteiger partial charge is 0.258 e. The van der Waals surface area contributed by atoms with Crippen molar-refractivity contribution in [2.45, 2.75) is 6.92 Å². The fourth-order valence-electron chi connectivity index (χ4n) is 1.72. The van der Waals surface area contributed by atoms with Crippen LogP contribution in [0.4, 0.5) is 20.3 Å². The van der Waals surface area contributed by atoms with Crippen molar-refractivity contribution in [3.63, 3.8) is 0 Å². The zero-order valence-electron chi connectivity index (χ0n) is 11.0. The lowest BCUT2D eigenvalue weighted by atomic mass is 10.2. The van der Waals surface area contributed by atoms with Crippen LogP contribution in [0.5, 0.6) is 0 Å². The molecule has 0 aliphatic rings. The van der Waals surface area contributed by atoms with Gasteiger partial charge < -0.3 is 10.6 Å². The van der Waals surface area contributed by atoms with Crippen LogP contribution in [0.25, 0.3) is 0 Å². The Hall–Kier alpha value is -2.50. The lowest BCUT2D eigenvalue weighted by molar-refractivity contribution is 0.102. The van der Waals surface area contributed by atoms with Gasteiger partial charge in [0.25, 0.3) is 5.91 Å². The quantitative estimate of drug-likeness (QED) is 0.907. The van der Waals surface area contributed by atoms with Gasteiger partial charge in [0.1, 0.15) is 5.82 Å². The number of carbonyl (C=O) groups is 1. The van der Waals surface area contributed by atoms with Crippen LogP contribution in [0.15, 0.2) is 30.5 Å². The van der Waals surface area contributed by atoms with Crippen molar-refractivity contribution in [2.24, 2.45) is 0 Å². The molecule has 2 N–H and O–H groups in total. The molecule has 20 heavy (non-hydrogen) atoms. The van der Waals surface area contributed by atoms with Gasteiger partial charge in [0.05, 0.1) is 11.3 Å². The summed E-state index contributed by atoms with van der Waals surface area (Å²) in [6.45, 7) is 1.77. The van der Waals surface area contributed by atoms with Crippen LogP contribution < -0.4 is 10.6 Å². The molecule has 0 atom stereocenters. The average Bonchev–Trinajstić information content (AvgIpc) is 2.43. The number of anilines is 2. The van der Waals surface area contributed by atoms with Crippen LogP contribution >= 0.6 is 0 Å². The maximum absolute atomic E-state index is 13.9. The van der Waals surface area contributed by atoms with E-state index in [4.69, 9.17) is 0 Å². The molecule has 1 heterocycles. The molecule has 2 rings (SSSR count). The van der Waals surface area contributed by atoms with E-state index in [0.717, 1.165) is 5.56 Å². The lowest BCUT2D eigenvalue weighted by Gasteiger charge is -2.09. The standard InChI is InChI=1S/C14H13F2N3O/c1-8-3-4-10(15)11(7-8)19-14(20)9-5-6-18-13(17-2)12(9)16/h3-7H,1-2H3,(H,17,18)(H,19,20). The first-order valence-electron chi connectivity index (χ1n) is 5.92. The minimum absolute atomic E-state index is 0.0113. The fourth-order valence-corrected chi connectivity index (χ4v) is 1.72. The van der Waals surface area contributed by atoms with Gasteiger partial charge in [-0.3, -0.25) is 4.79 Å². The van der Waals surface area contributed by atoms with Gasteiger partial charge in [0, 0.05) is 13.2 Å². The van der Waals surface area contributed by atoms with Crippen LogP contribution in [0.1, 0.15) is 15.9 Å². The summed E-state index contributed by atoms with van der Waals surface area (Å²) in [6, 6.07) is 5.54. The summed E-state index contributed by atoms with van der Waals surface area (Å²) in [5.41, 5.74) is 0.593. The molecule has 1 aromatic heterocycles. The van der Waals surface area contributed by atoms with Crippen LogP contribution in [0.2, 0.25) is 0 Å². The summed E-state index contributed by atoms with van der Waals surface area (Å²) in [5, 5.41) is 4.88. The second-order valence-corrected chi connectivity index (χ2v) is 4.21. The molecule has 1 aromatic carbocycles. The third-order valence-corrected chi connectivity index (χ3v) is 2.74. The molecule has 104 valence electrons. The van der Waals surface area contributed by atoms with Crippen LogP contribution in [-0.2, 0) is 0 Å². The van der Waals surface area contributed by atoms with E-state index in [1.807, 2.05) is 0 Å². The molecule has 0 bridgehead atoms. The highest BCUT2D eigenvalue weighted by Crippen LogP contribution is 2.19. The minimum Gasteiger partial charge on any atom is -0.371 e. The van der Waals surface area contributed by atoms with E-state index in [9.17, 15) is 13.6 Å². The van der Waals surface area contributed by atoms with Crippen molar-refractivity contribution in [2.75, 3.05) is 17.7 Å². The Morgan fingerprint density at radius 1 is 1.25 bits per heavy atom. The lowest BCUT2D eigenvalue weighted by Crippen LogP contribution is -2.16. The zero-order chi connectivity index (χ0) is 14.7. The first-order valence-corrected chi connectivity index (χ1v) is 5.92. The van der Waals surface area contributed by atoms with Gasteiger partial charge in [-0.1, -0.05) is 6.07 Å². The molecule has 1 amide bonds. The predicted molar refractivity (Wildman–Crippen MR) is 72.8 cm³/mol. The molecule has 0 radical (unpaired) electrons. The number of halogens is 2. The zero-order valence-corrected chi connectivity index (χ0v) is 11.0. The summed E-state index contributed by atoms with van der Waals surface area (Å²) < 4.78 is 27.5. The largest absolute Gasteiger partial charge is 0.371 e. The van der Waals surface area contributed by atoms with Crippen molar-refractivity contribution < 1.29 is 13.6 Å². The molecule has 4 nitrogen and oxygen atoms in total. The summed E-state index contributed by atoms with van der Waals surface area (Å²) in [7, 11) is 1.49. The number of hydrogen-bond acceptors (Lipinski definition) is 3. The van der Waals surface area contributed by atoms with Crippen molar-refractivity contribution in [1.29, 1.82) is 0 Å². The van der Waals surface area contributed by atoms with Gasteiger partial charge in [-0.15, -0.1) is 0 Å². The number of aromatic nitrogens is 1. The molecule has 2 aromatic rings. The molecule has 0 spiro atoms. The Balaban J connectivity index is 2.31. The van der Waals surface area contributed by atoms with E-state index < -0.39 is 17.5 Å². The Morgan fingerprint density at radius 3 is 2.70 bits per heavy atom. The topological polar surface area (TPSA) is 54.0 Å². The Kier molecular flexibility index (Phi) is 3.93. The molecule has 0 aliphatic heterocycles. The van der Waals surface area contributed by atoms with E-state index in [1.165, 1.54) is 31.4 Å². The summed E-state index contributed by atoms with van der Waals surface area (Å²) in [4.78, 5) is 15.7. The number of benzene rings is 1. The number of hydrogen-bond donors (Lipinski definition) is 2. The van der Waals surface area contributed by atoms with Gasteiger partial charge in [0.15, 0.2) is 11.6 Å². The molecule has 0 saturated heterocycles. The molecule has 0 saturated carbocycles. The van der Waals surface area contributed by atoms with E-state index in [0.29, 0.717) is 0 Å². The second-order valence-electron chi connectivity index (χ2n) is 4.21. The highest BCUT2D eigenvalue weighted by atomic mass is 19.1. The number of rotatable bonds is 3. The van der Waals surface area contributed by atoms with Gasteiger partial charge in [-0.25, -0.2) is 13.8 Å². The van der Waals surface area contributed by atoms with Gasteiger partial charge in [-0.05, 0) is 30.7 Å². The fraction of sp³-hybridized carbons (Fsp3) is 0.143. The Morgan fingerprint density at radius 2 is 2.00 bits per heavy atom. The van der Waals surface area contributed by atoms with Crippen molar-refractivity contribution >= 4 is 17.4 Å². The first-order chi connectivity index (χ1) is 9.52. The Labute approximate surface area is 114 Å². The second kappa shape index (κ2) is 5.64. The normalized spacial score (nSPS) is 10.2. The van der Waals surface area contributed by atoms with Crippen molar-refractivity contribution in [3.8, 4) is 0 Å². The maximum atomic E-state index is 13.9. The van der Waals surface area contributed by atoms with E-state index in [1.54, 1.807) is 13.0 Å². The highest BCUT2D eigenvalue weighted by molar-refractivity contribution is 6.05. The summed E-state index contributed by atoms with van der Waals surface area (Å²) >= 11 is 0. The Bertz CT molecular complexity index is 659. The van der Waals surface area contributed by atoms with Crippen LogP contribution in [0, 0.1) is 18.6 Å². The van der Waals surface area contributed by atoms with Crippen molar-refractivity contribution in [1.82, 2.24) is 4.98 Å². The number of nitrogens with zero attached hydrogens (tertiary/aromatic N) is 1. The molecule has 0 unspecified atom stereocenters. The number of pyridine rings is 1. The number of amides is 1.